The fourth-order valence-corrected chi connectivity index (χ4v) is 2.58. The SMILES string of the molecule is CCO[C@H]1CS[C@H](COCc2ccccc2)O1. The van der Waals surface area contributed by atoms with Gasteiger partial charge in [0.2, 0.25) is 0 Å². The van der Waals surface area contributed by atoms with Crippen LogP contribution in [0.15, 0.2) is 30.3 Å². The molecule has 0 aromatic heterocycles. The van der Waals surface area contributed by atoms with Gasteiger partial charge in [0.25, 0.3) is 0 Å². The van der Waals surface area contributed by atoms with Crippen LogP contribution in [0.1, 0.15) is 12.5 Å². The van der Waals surface area contributed by atoms with Crippen LogP contribution < -0.4 is 0 Å². The quantitative estimate of drug-likeness (QED) is 0.780. The lowest BCUT2D eigenvalue weighted by molar-refractivity contribution is -0.133. The molecule has 0 spiro atoms. The van der Waals surface area contributed by atoms with Crippen molar-refractivity contribution < 1.29 is 14.2 Å². The summed E-state index contributed by atoms with van der Waals surface area (Å²) in [5.74, 6) is 0.896. The first-order chi connectivity index (χ1) is 8.38. The van der Waals surface area contributed by atoms with E-state index < -0.39 is 0 Å². The molecule has 2 atom stereocenters. The molecule has 1 aliphatic rings. The van der Waals surface area contributed by atoms with Gasteiger partial charge in [0.05, 0.1) is 13.2 Å². The normalized spacial score (nSPS) is 24.1. The Morgan fingerprint density at radius 1 is 1.35 bits per heavy atom. The predicted octanol–water partition coefficient (Wildman–Crippen LogP) is 2.66. The van der Waals surface area contributed by atoms with Gasteiger partial charge in [0, 0.05) is 12.4 Å². The second-order valence-corrected chi connectivity index (χ2v) is 4.98. The fraction of sp³-hybridized carbons (Fsp3) is 0.538. The topological polar surface area (TPSA) is 27.7 Å². The van der Waals surface area contributed by atoms with Crippen LogP contribution in [0, 0.1) is 0 Å². The smallest absolute Gasteiger partial charge is 0.168 e. The minimum absolute atomic E-state index is 0.0599. The monoisotopic (exact) mass is 254 g/mol. The first kappa shape index (κ1) is 12.9. The van der Waals surface area contributed by atoms with Crippen molar-refractivity contribution in [1.82, 2.24) is 0 Å². The van der Waals surface area contributed by atoms with Gasteiger partial charge in [0.1, 0.15) is 5.44 Å². The van der Waals surface area contributed by atoms with Gasteiger partial charge in [-0.1, -0.05) is 30.3 Å². The van der Waals surface area contributed by atoms with Crippen LogP contribution >= 0.6 is 11.8 Å². The highest BCUT2D eigenvalue weighted by molar-refractivity contribution is 8.00. The summed E-state index contributed by atoms with van der Waals surface area (Å²) < 4.78 is 16.7. The van der Waals surface area contributed by atoms with Crippen LogP contribution in [0.2, 0.25) is 0 Å². The van der Waals surface area contributed by atoms with E-state index in [0.29, 0.717) is 19.8 Å². The highest BCUT2D eigenvalue weighted by atomic mass is 32.2. The molecule has 3 nitrogen and oxygen atoms in total. The Bertz CT molecular complexity index is 318. The van der Waals surface area contributed by atoms with E-state index in [0.717, 1.165) is 5.75 Å². The highest BCUT2D eigenvalue weighted by Gasteiger charge is 2.25. The van der Waals surface area contributed by atoms with Gasteiger partial charge in [-0.2, -0.15) is 0 Å². The second kappa shape index (κ2) is 7.01. The molecule has 0 unspecified atom stereocenters. The number of ether oxygens (including phenoxy) is 3. The molecule has 0 aliphatic carbocycles. The molecule has 0 N–H and O–H groups in total. The molecule has 1 saturated heterocycles. The van der Waals surface area contributed by atoms with E-state index in [2.05, 4.69) is 12.1 Å². The number of rotatable bonds is 6. The maximum Gasteiger partial charge on any atom is 0.168 e. The summed E-state index contributed by atoms with van der Waals surface area (Å²) in [6, 6.07) is 10.2. The third-order valence-electron chi connectivity index (χ3n) is 2.44. The minimum Gasteiger partial charge on any atom is -0.373 e. The van der Waals surface area contributed by atoms with E-state index in [9.17, 15) is 0 Å². The largest absolute Gasteiger partial charge is 0.373 e. The first-order valence-corrected chi connectivity index (χ1v) is 6.93. The summed E-state index contributed by atoms with van der Waals surface area (Å²) in [7, 11) is 0. The van der Waals surface area contributed by atoms with Crippen LogP contribution in [0.25, 0.3) is 0 Å². The van der Waals surface area contributed by atoms with E-state index in [4.69, 9.17) is 14.2 Å². The second-order valence-electron chi connectivity index (χ2n) is 3.78. The van der Waals surface area contributed by atoms with Crippen LogP contribution in [-0.2, 0) is 20.8 Å². The Morgan fingerprint density at radius 2 is 2.18 bits per heavy atom. The van der Waals surface area contributed by atoms with Crippen molar-refractivity contribution >= 4 is 11.8 Å². The zero-order valence-corrected chi connectivity index (χ0v) is 10.8. The Kier molecular flexibility index (Phi) is 5.32. The highest BCUT2D eigenvalue weighted by Crippen LogP contribution is 2.26. The maximum atomic E-state index is 5.66. The third kappa shape index (κ3) is 4.32. The van der Waals surface area contributed by atoms with E-state index in [1.807, 2.05) is 25.1 Å². The van der Waals surface area contributed by atoms with Gasteiger partial charge in [0.15, 0.2) is 6.29 Å². The Labute approximate surface area is 106 Å². The van der Waals surface area contributed by atoms with Crippen molar-refractivity contribution in [3.63, 3.8) is 0 Å². The summed E-state index contributed by atoms with van der Waals surface area (Å²) in [6.45, 7) is 3.93. The third-order valence-corrected chi connectivity index (χ3v) is 3.52. The molecule has 0 saturated carbocycles. The molecule has 0 bridgehead atoms. The molecular weight excluding hydrogens is 236 g/mol. The number of thioether (sulfide) groups is 1. The van der Waals surface area contributed by atoms with Gasteiger partial charge in [-0.15, -0.1) is 11.8 Å². The van der Waals surface area contributed by atoms with Crippen LogP contribution in [0.4, 0.5) is 0 Å². The van der Waals surface area contributed by atoms with E-state index in [1.54, 1.807) is 11.8 Å². The summed E-state index contributed by atoms with van der Waals surface area (Å²) in [5.41, 5.74) is 1.30. The van der Waals surface area contributed by atoms with Crippen molar-refractivity contribution in [3.8, 4) is 0 Å². The summed E-state index contributed by atoms with van der Waals surface area (Å²) in [5, 5.41) is 0. The molecule has 2 rings (SSSR count). The molecule has 1 aromatic rings. The molecule has 1 fully saturated rings. The minimum atomic E-state index is -0.0599. The van der Waals surface area contributed by atoms with Gasteiger partial charge in [-0.05, 0) is 12.5 Å². The zero-order chi connectivity index (χ0) is 11.9. The molecule has 0 radical (unpaired) electrons. The van der Waals surface area contributed by atoms with E-state index >= 15 is 0 Å². The van der Waals surface area contributed by atoms with Crippen molar-refractivity contribution in [2.24, 2.45) is 0 Å². The molecule has 1 aromatic carbocycles. The average Bonchev–Trinajstić information content (AvgIpc) is 2.79. The van der Waals surface area contributed by atoms with Gasteiger partial charge >= 0.3 is 0 Å². The number of hydrogen-bond donors (Lipinski definition) is 0. The lowest BCUT2D eigenvalue weighted by Crippen LogP contribution is -2.18. The van der Waals surface area contributed by atoms with Crippen LogP contribution in [0.3, 0.4) is 0 Å². The molecule has 1 aliphatic heterocycles. The zero-order valence-electron chi connectivity index (χ0n) is 10.0. The average molecular weight is 254 g/mol. The molecule has 4 heteroatoms. The van der Waals surface area contributed by atoms with Crippen molar-refractivity contribution in [2.45, 2.75) is 25.3 Å². The van der Waals surface area contributed by atoms with Crippen molar-refractivity contribution in [3.05, 3.63) is 35.9 Å². The lowest BCUT2D eigenvalue weighted by Gasteiger charge is -2.12. The van der Waals surface area contributed by atoms with Gasteiger partial charge in [-0.25, -0.2) is 0 Å². The van der Waals surface area contributed by atoms with Crippen LogP contribution in [0.5, 0.6) is 0 Å². The van der Waals surface area contributed by atoms with Crippen molar-refractivity contribution in [1.29, 1.82) is 0 Å². The predicted molar refractivity (Wildman–Crippen MR) is 68.8 cm³/mol. The molecule has 17 heavy (non-hydrogen) atoms. The van der Waals surface area contributed by atoms with E-state index in [-0.39, 0.29) is 11.7 Å². The molecule has 0 amide bonds. The first-order valence-electron chi connectivity index (χ1n) is 5.89. The van der Waals surface area contributed by atoms with Crippen molar-refractivity contribution in [2.75, 3.05) is 19.0 Å². The lowest BCUT2D eigenvalue weighted by atomic mass is 10.2. The summed E-state index contributed by atoms with van der Waals surface area (Å²) in [6.07, 6.45) is -0.0599. The van der Waals surface area contributed by atoms with Gasteiger partial charge < -0.3 is 14.2 Å². The molecular formula is C13H18O3S. The van der Waals surface area contributed by atoms with Gasteiger partial charge in [-0.3, -0.25) is 0 Å². The Hall–Kier alpha value is -0.550. The fourth-order valence-electron chi connectivity index (χ4n) is 1.64. The number of hydrogen-bond acceptors (Lipinski definition) is 4. The summed E-state index contributed by atoms with van der Waals surface area (Å²) in [4.78, 5) is 0. The van der Waals surface area contributed by atoms with Crippen LogP contribution in [-0.4, -0.2) is 30.7 Å². The molecule has 1 heterocycles. The van der Waals surface area contributed by atoms with E-state index in [1.165, 1.54) is 5.56 Å². The Morgan fingerprint density at radius 3 is 2.94 bits per heavy atom. The molecule has 94 valence electrons. The summed E-state index contributed by atoms with van der Waals surface area (Å²) >= 11 is 1.75. The number of benzene rings is 1. The standard InChI is InChI=1S/C13H18O3S/c1-2-15-12-10-17-13(16-12)9-14-8-11-6-4-3-5-7-11/h3-7,12-13H,2,8-10H2,1H3/t12-,13-/m1/s1. The Balaban J connectivity index is 1.63. The maximum absolute atomic E-state index is 5.66.